The number of hydrogen-bond acceptors (Lipinski definition) is 3. The van der Waals surface area contributed by atoms with Crippen molar-refractivity contribution in [2.45, 2.75) is 13.3 Å². The molecule has 0 spiro atoms. The Morgan fingerprint density at radius 3 is 2.52 bits per heavy atom. The lowest BCUT2D eigenvalue weighted by Crippen LogP contribution is -2.04. The first-order chi connectivity index (χ1) is 10.9. The first kappa shape index (κ1) is 16.2. The van der Waals surface area contributed by atoms with Gasteiger partial charge in [-0.3, -0.25) is 4.79 Å². The molecule has 0 aliphatic rings. The van der Waals surface area contributed by atoms with E-state index >= 15 is 0 Å². The number of halogens is 3. The van der Waals surface area contributed by atoms with E-state index in [1.165, 1.54) is 18.2 Å². The summed E-state index contributed by atoms with van der Waals surface area (Å²) in [5, 5.41) is 9.97. The summed E-state index contributed by atoms with van der Waals surface area (Å²) in [7, 11) is 0. The molecule has 3 aromatic rings. The Labute approximate surface area is 148 Å². The fourth-order valence-corrected chi connectivity index (χ4v) is 3.67. The first-order valence-corrected chi connectivity index (χ1v) is 8.45. The van der Waals surface area contributed by atoms with Gasteiger partial charge < -0.3 is 9.52 Å². The zero-order valence-corrected chi connectivity index (χ0v) is 15.2. The topological polar surface area (TPSA) is 50.4 Å². The second-order valence-electron chi connectivity index (χ2n) is 4.98. The molecule has 0 saturated heterocycles. The molecule has 3 rings (SSSR count). The minimum absolute atomic E-state index is 0.000460. The van der Waals surface area contributed by atoms with E-state index in [0.717, 1.165) is 0 Å². The van der Waals surface area contributed by atoms with E-state index in [1.807, 2.05) is 6.92 Å². The molecule has 0 fully saturated rings. The van der Waals surface area contributed by atoms with Crippen molar-refractivity contribution in [1.29, 1.82) is 0 Å². The lowest BCUT2D eigenvalue weighted by Gasteiger charge is -2.06. The molecule has 6 heteroatoms. The monoisotopic (exact) mass is 440 g/mol. The second-order valence-corrected chi connectivity index (χ2v) is 6.69. The van der Waals surface area contributed by atoms with Gasteiger partial charge in [-0.2, -0.15) is 0 Å². The Morgan fingerprint density at radius 1 is 1.26 bits per heavy atom. The number of phenols is 1. The zero-order valence-electron chi connectivity index (χ0n) is 12.0. The van der Waals surface area contributed by atoms with Gasteiger partial charge in [0.25, 0.3) is 0 Å². The van der Waals surface area contributed by atoms with Crippen LogP contribution in [0.5, 0.6) is 5.75 Å². The van der Waals surface area contributed by atoms with E-state index in [-0.39, 0.29) is 22.5 Å². The molecule has 118 valence electrons. The Bertz CT molecular complexity index is 908. The quantitative estimate of drug-likeness (QED) is 0.538. The molecule has 0 bridgehead atoms. The summed E-state index contributed by atoms with van der Waals surface area (Å²) < 4.78 is 20.6. The molecule has 1 aromatic heterocycles. The predicted octanol–water partition coefficient (Wildman–Crippen LogP) is 5.60. The third-order valence-electron chi connectivity index (χ3n) is 3.56. The van der Waals surface area contributed by atoms with Gasteiger partial charge in [-0.25, -0.2) is 4.39 Å². The molecular formula is C17H11Br2FO3. The van der Waals surface area contributed by atoms with Crippen LogP contribution in [-0.2, 0) is 6.42 Å². The summed E-state index contributed by atoms with van der Waals surface area (Å²) in [6.45, 7) is 1.84. The van der Waals surface area contributed by atoms with Crippen LogP contribution in [0.15, 0.2) is 43.7 Å². The van der Waals surface area contributed by atoms with Crippen molar-refractivity contribution in [2.24, 2.45) is 0 Å². The number of aryl methyl sites for hydroxylation is 1. The van der Waals surface area contributed by atoms with Gasteiger partial charge >= 0.3 is 0 Å². The minimum atomic E-state index is -0.494. The van der Waals surface area contributed by atoms with Crippen molar-refractivity contribution >= 4 is 48.6 Å². The van der Waals surface area contributed by atoms with Crippen LogP contribution in [-0.4, -0.2) is 10.9 Å². The van der Waals surface area contributed by atoms with Gasteiger partial charge in [-0.1, -0.05) is 13.0 Å². The van der Waals surface area contributed by atoms with E-state index in [0.29, 0.717) is 32.3 Å². The van der Waals surface area contributed by atoms with Crippen molar-refractivity contribution in [3.05, 3.63) is 62.0 Å². The highest BCUT2D eigenvalue weighted by Gasteiger charge is 2.24. The van der Waals surface area contributed by atoms with Gasteiger partial charge in [-0.15, -0.1) is 0 Å². The van der Waals surface area contributed by atoms with E-state index in [1.54, 1.807) is 12.1 Å². The van der Waals surface area contributed by atoms with E-state index in [9.17, 15) is 14.3 Å². The molecule has 0 unspecified atom stereocenters. The summed E-state index contributed by atoms with van der Waals surface area (Å²) >= 11 is 6.40. The number of furan rings is 1. The van der Waals surface area contributed by atoms with Crippen molar-refractivity contribution in [3.63, 3.8) is 0 Å². The Kier molecular flexibility index (Phi) is 4.29. The lowest BCUT2D eigenvalue weighted by molar-refractivity contribution is 0.103. The molecule has 1 heterocycles. The third-order valence-corrected chi connectivity index (χ3v) is 4.77. The molecule has 0 aliphatic heterocycles. The number of hydrogen-bond donors (Lipinski definition) is 1. The van der Waals surface area contributed by atoms with Gasteiger partial charge in [0.1, 0.15) is 22.9 Å². The van der Waals surface area contributed by atoms with Gasteiger partial charge in [0.05, 0.1) is 19.9 Å². The number of fused-ring (bicyclic) bond motifs is 1. The molecule has 2 aromatic carbocycles. The summed E-state index contributed by atoms with van der Waals surface area (Å²) in [6, 6.07) is 7.49. The molecule has 1 N–H and O–H groups in total. The van der Waals surface area contributed by atoms with Crippen LogP contribution in [0.25, 0.3) is 11.0 Å². The summed E-state index contributed by atoms with van der Waals surface area (Å²) in [5.41, 5.74) is 0.898. The highest BCUT2D eigenvalue weighted by atomic mass is 79.9. The average molecular weight is 442 g/mol. The van der Waals surface area contributed by atoms with Gasteiger partial charge in [0, 0.05) is 12.0 Å². The number of carbonyl (C=O) groups excluding carboxylic acids is 1. The van der Waals surface area contributed by atoms with Crippen LogP contribution >= 0.6 is 31.9 Å². The summed E-state index contributed by atoms with van der Waals surface area (Å²) in [6.07, 6.45) is 0.468. The lowest BCUT2D eigenvalue weighted by atomic mass is 9.99. The van der Waals surface area contributed by atoms with Crippen LogP contribution in [0, 0.1) is 5.82 Å². The maximum atomic E-state index is 14.2. The highest BCUT2D eigenvalue weighted by molar-refractivity contribution is 9.11. The molecule has 3 nitrogen and oxygen atoms in total. The smallest absolute Gasteiger partial charge is 0.197 e. The molecule has 0 amide bonds. The van der Waals surface area contributed by atoms with Crippen LogP contribution in [0.3, 0.4) is 0 Å². The molecule has 0 radical (unpaired) electrons. The normalized spacial score (nSPS) is 11.1. The maximum Gasteiger partial charge on any atom is 0.197 e. The number of phenolic OH excluding ortho intramolecular Hbond substituents is 1. The van der Waals surface area contributed by atoms with E-state index in [2.05, 4.69) is 31.9 Å². The minimum Gasteiger partial charge on any atom is -0.506 e. The number of ketones is 1. The molecule has 23 heavy (non-hydrogen) atoms. The Morgan fingerprint density at radius 2 is 1.91 bits per heavy atom. The molecule has 0 atom stereocenters. The predicted molar refractivity (Wildman–Crippen MR) is 92.5 cm³/mol. The largest absolute Gasteiger partial charge is 0.506 e. The highest BCUT2D eigenvalue weighted by Crippen LogP contribution is 2.36. The number of rotatable bonds is 3. The average Bonchev–Trinajstić information content (AvgIpc) is 2.91. The van der Waals surface area contributed by atoms with Gasteiger partial charge in [0.15, 0.2) is 5.78 Å². The Balaban J connectivity index is 2.26. The standard InChI is InChI=1S/C17H11Br2FO3/c1-2-12-15(14-11(20)4-3-5-13(14)23-12)16(21)8-6-9(18)17(22)10(19)7-8/h3-7,22H,2H2,1H3. The van der Waals surface area contributed by atoms with Crippen molar-refractivity contribution in [3.8, 4) is 5.75 Å². The fourth-order valence-electron chi connectivity index (χ4n) is 2.49. The van der Waals surface area contributed by atoms with Gasteiger partial charge in [0.2, 0.25) is 0 Å². The van der Waals surface area contributed by atoms with Gasteiger partial charge in [-0.05, 0) is 56.1 Å². The van der Waals surface area contributed by atoms with Crippen molar-refractivity contribution < 1.29 is 18.7 Å². The van der Waals surface area contributed by atoms with Crippen LogP contribution in [0.1, 0.15) is 28.6 Å². The summed E-state index contributed by atoms with van der Waals surface area (Å²) in [5.74, 6) is -0.408. The Hall–Kier alpha value is -1.66. The number of benzene rings is 2. The zero-order chi connectivity index (χ0) is 16.7. The van der Waals surface area contributed by atoms with Crippen molar-refractivity contribution in [1.82, 2.24) is 0 Å². The number of aromatic hydroxyl groups is 1. The second kappa shape index (κ2) is 6.09. The fraction of sp³-hybridized carbons (Fsp3) is 0.118. The maximum absolute atomic E-state index is 14.2. The van der Waals surface area contributed by atoms with Crippen molar-refractivity contribution in [2.75, 3.05) is 0 Å². The van der Waals surface area contributed by atoms with Crippen LogP contribution in [0.4, 0.5) is 4.39 Å². The number of carbonyl (C=O) groups is 1. The van der Waals surface area contributed by atoms with Crippen LogP contribution in [0.2, 0.25) is 0 Å². The van der Waals surface area contributed by atoms with Crippen LogP contribution < -0.4 is 0 Å². The molecular weight excluding hydrogens is 431 g/mol. The first-order valence-electron chi connectivity index (χ1n) is 6.86. The summed E-state index contributed by atoms with van der Waals surface area (Å²) in [4.78, 5) is 12.9. The molecule has 0 aliphatic carbocycles. The SMILES string of the molecule is CCc1oc2cccc(F)c2c1C(=O)c1cc(Br)c(O)c(Br)c1. The molecule has 0 saturated carbocycles. The van der Waals surface area contributed by atoms with E-state index in [4.69, 9.17) is 4.42 Å². The third kappa shape index (κ3) is 2.70. The van der Waals surface area contributed by atoms with E-state index < -0.39 is 5.82 Å².